The lowest BCUT2D eigenvalue weighted by atomic mass is 9.40. The maximum Gasteiger partial charge on any atom is 0.252 e. The van der Waals surface area contributed by atoms with Crippen LogP contribution in [0.5, 0.6) is 0 Å². The topological polar surface area (TPSA) is 189 Å². The number of likely N-dealkylation sites (N-methyl/N-ethyl adjacent to an activating group) is 1. The largest absolute Gasteiger partial charge is 0.387 e. The normalized spacial score (nSPS) is 40.8. The van der Waals surface area contributed by atoms with Crippen molar-refractivity contribution in [3.63, 3.8) is 0 Å². The molecule has 4 fully saturated rings. The van der Waals surface area contributed by atoms with Crippen molar-refractivity contribution in [1.82, 2.24) is 24.8 Å². The van der Waals surface area contributed by atoms with Crippen LogP contribution < -0.4 is 11.1 Å². The Morgan fingerprint density at radius 1 is 1.26 bits per heavy atom. The zero-order chi connectivity index (χ0) is 24.8. The van der Waals surface area contributed by atoms with Gasteiger partial charge in [0.25, 0.3) is 5.91 Å². The average Bonchev–Trinajstić information content (AvgIpc) is 3.31. The number of hydrogen-bond donors (Lipinski definition) is 6. The number of aromatic nitrogens is 4. The number of aliphatic hydroxyl groups excluding tert-OH is 2. The van der Waals surface area contributed by atoms with Crippen molar-refractivity contribution in [2.75, 3.05) is 12.3 Å². The van der Waals surface area contributed by atoms with E-state index in [1.165, 1.54) is 10.9 Å². The summed E-state index contributed by atoms with van der Waals surface area (Å²) in [6.07, 6.45) is -2.98. The molecule has 1 saturated heterocycles. The molecule has 3 aliphatic carbocycles. The first-order valence-corrected chi connectivity index (χ1v) is 11.6. The van der Waals surface area contributed by atoms with Crippen LogP contribution in [0.15, 0.2) is 6.33 Å². The van der Waals surface area contributed by atoms with Crippen molar-refractivity contribution in [3.8, 4) is 0 Å². The molecule has 12 nitrogen and oxygen atoms in total. The predicted octanol–water partition coefficient (Wildman–Crippen LogP) is -0.832. The summed E-state index contributed by atoms with van der Waals surface area (Å²) in [5.41, 5.74) is 3.15. The number of amides is 1. The van der Waals surface area contributed by atoms with Gasteiger partial charge in [-0.05, 0) is 43.9 Å². The Labute approximate surface area is 196 Å². The van der Waals surface area contributed by atoms with Gasteiger partial charge in [0.15, 0.2) is 35.2 Å². The molecule has 2 aromatic heterocycles. The number of rotatable bonds is 4. The first-order chi connectivity index (χ1) is 15.8. The van der Waals surface area contributed by atoms with E-state index in [2.05, 4.69) is 34.1 Å². The summed E-state index contributed by atoms with van der Waals surface area (Å²) in [7, 11) is 0. The number of fused-ring (bicyclic) bond motifs is 3. The molecule has 1 amide bonds. The molecule has 0 spiro atoms. The van der Waals surface area contributed by atoms with Gasteiger partial charge in [-0.2, -0.15) is 0 Å². The molecule has 4 unspecified atom stereocenters. The molecule has 3 heterocycles. The molecule has 3 saturated carbocycles. The number of nitrogens with one attached hydrogen (secondary N) is 1. The SMILES string of the molecule is CCNC(=O)[C@H]1O[C@@H](n2cnc3c(N)nc([C@@]4(O)CC5CC(C5(C)C)[C@@]4(C)O)nc32)C(O)C1O. The van der Waals surface area contributed by atoms with Crippen molar-refractivity contribution < 1.29 is 30.0 Å². The van der Waals surface area contributed by atoms with Crippen molar-refractivity contribution in [1.29, 1.82) is 0 Å². The molecule has 0 radical (unpaired) electrons. The van der Waals surface area contributed by atoms with E-state index in [0.717, 1.165) is 6.42 Å². The average molecular weight is 477 g/mol. The predicted molar refractivity (Wildman–Crippen MR) is 119 cm³/mol. The Kier molecular flexibility index (Phi) is 5.02. The van der Waals surface area contributed by atoms with Gasteiger partial charge in [-0.15, -0.1) is 0 Å². The summed E-state index contributed by atoms with van der Waals surface area (Å²) in [5, 5.41) is 46.8. The van der Waals surface area contributed by atoms with Crippen LogP contribution in [0.25, 0.3) is 11.2 Å². The van der Waals surface area contributed by atoms with E-state index >= 15 is 0 Å². The van der Waals surface area contributed by atoms with E-state index in [1.54, 1.807) is 13.8 Å². The van der Waals surface area contributed by atoms with Crippen LogP contribution in [-0.4, -0.2) is 76.3 Å². The van der Waals surface area contributed by atoms with Crippen LogP contribution in [0, 0.1) is 17.3 Å². The van der Waals surface area contributed by atoms with E-state index in [4.69, 9.17) is 10.5 Å². The quantitative estimate of drug-likeness (QED) is 0.325. The minimum absolute atomic E-state index is 0.00482. The number of anilines is 1. The van der Waals surface area contributed by atoms with E-state index in [1.807, 2.05) is 0 Å². The molecule has 7 N–H and O–H groups in total. The van der Waals surface area contributed by atoms with Gasteiger partial charge in [0.1, 0.15) is 23.3 Å². The minimum Gasteiger partial charge on any atom is -0.387 e. The fraction of sp³-hybridized carbons (Fsp3) is 0.727. The number of imidazole rings is 1. The Morgan fingerprint density at radius 3 is 2.59 bits per heavy atom. The number of ether oxygens (including phenoxy) is 1. The number of carbonyl (C=O) groups excluding carboxylic acids is 1. The van der Waals surface area contributed by atoms with E-state index < -0.39 is 41.6 Å². The summed E-state index contributed by atoms with van der Waals surface area (Å²) >= 11 is 0. The van der Waals surface area contributed by atoms with Gasteiger partial charge < -0.3 is 36.2 Å². The van der Waals surface area contributed by atoms with Gasteiger partial charge in [-0.25, -0.2) is 15.0 Å². The highest BCUT2D eigenvalue weighted by Crippen LogP contribution is 2.67. The summed E-state index contributed by atoms with van der Waals surface area (Å²) in [5.74, 6) is -0.564. The molecule has 12 heteroatoms. The smallest absolute Gasteiger partial charge is 0.252 e. The Morgan fingerprint density at radius 2 is 1.97 bits per heavy atom. The monoisotopic (exact) mass is 476 g/mol. The van der Waals surface area contributed by atoms with Gasteiger partial charge in [0.05, 0.1) is 6.33 Å². The summed E-state index contributed by atoms with van der Waals surface area (Å²) < 4.78 is 7.05. The lowest BCUT2D eigenvalue weighted by molar-refractivity contribution is -0.300. The van der Waals surface area contributed by atoms with Gasteiger partial charge in [-0.1, -0.05) is 13.8 Å². The maximum absolute atomic E-state index is 12.3. The highest BCUT2D eigenvalue weighted by molar-refractivity contribution is 5.83. The van der Waals surface area contributed by atoms with Crippen LogP contribution in [-0.2, 0) is 15.1 Å². The van der Waals surface area contributed by atoms with Crippen LogP contribution >= 0.6 is 0 Å². The van der Waals surface area contributed by atoms with Crippen molar-refractivity contribution in [3.05, 3.63) is 12.2 Å². The van der Waals surface area contributed by atoms with Gasteiger partial charge in [0.2, 0.25) is 0 Å². The lowest BCUT2D eigenvalue weighted by Gasteiger charge is -2.67. The highest BCUT2D eigenvalue weighted by atomic mass is 16.6. The standard InChI is InChI=1S/C22H32N6O6/c1-5-24-17(31)14-12(29)13(30)18(34-14)28-8-25-11-15(23)26-19(27-16(11)28)22(33)7-9-6-10(20(9,2)3)21(22,4)32/h8-10,12-14,18,29-30,32-33H,5-7H2,1-4H3,(H,24,31)(H2,23,26,27)/t9?,10?,12?,13?,14-,18+,21+,22-/m0/s1. The first-order valence-electron chi connectivity index (χ1n) is 11.6. The fourth-order valence-electron chi connectivity index (χ4n) is 6.18. The zero-order valence-corrected chi connectivity index (χ0v) is 19.6. The third kappa shape index (κ3) is 2.89. The lowest BCUT2D eigenvalue weighted by Crippen LogP contribution is -2.71. The molecular formula is C22H32N6O6. The fourth-order valence-corrected chi connectivity index (χ4v) is 6.18. The number of carbonyl (C=O) groups is 1. The maximum atomic E-state index is 12.3. The number of nitrogen functional groups attached to an aromatic ring is 1. The van der Waals surface area contributed by atoms with Crippen molar-refractivity contribution in [2.45, 2.75) is 76.3 Å². The second kappa shape index (κ2) is 7.31. The third-order valence-corrected chi connectivity index (χ3v) is 8.47. The molecule has 1 aliphatic heterocycles. The Balaban J connectivity index is 1.56. The Hall–Kier alpha value is -2.38. The van der Waals surface area contributed by atoms with E-state index in [-0.39, 0.29) is 46.5 Å². The molecule has 8 atom stereocenters. The van der Waals surface area contributed by atoms with Crippen LogP contribution in [0.4, 0.5) is 5.82 Å². The number of hydrogen-bond acceptors (Lipinski definition) is 10. The van der Waals surface area contributed by atoms with Crippen molar-refractivity contribution in [2.24, 2.45) is 17.3 Å². The molecule has 2 aromatic rings. The zero-order valence-electron chi connectivity index (χ0n) is 19.6. The molecule has 4 aliphatic rings. The second-order valence-electron chi connectivity index (χ2n) is 10.6. The molecule has 6 rings (SSSR count). The van der Waals surface area contributed by atoms with Gasteiger partial charge in [0, 0.05) is 6.54 Å². The molecular weight excluding hydrogens is 444 g/mol. The first kappa shape index (κ1) is 23.4. The molecule has 0 aromatic carbocycles. The second-order valence-corrected chi connectivity index (χ2v) is 10.6. The van der Waals surface area contributed by atoms with Crippen LogP contribution in [0.2, 0.25) is 0 Å². The van der Waals surface area contributed by atoms with Gasteiger partial charge in [-0.3, -0.25) is 9.36 Å². The van der Waals surface area contributed by atoms with Crippen LogP contribution in [0.1, 0.15) is 52.6 Å². The summed E-state index contributed by atoms with van der Waals surface area (Å²) in [6, 6.07) is 0. The molecule has 186 valence electrons. The molecule has 2 bridgehead atoms. The highest BCUT2D eigenvalue weighted by Gasteiger charge is 2.70. The molecule has 34 heavy (non-hydrogen) atoms. The summed E-state index contributed by atoms with van der Waals surface area (Å²) in [6.45, 7) is 7.84. The van der Waals surface area contributed by atoms with E-state index in [9.17, 15) is 25.2 Å². The van der Waals surface area contributed by atoms with Crippen LogP contribution in [0.3, 0.4) is 0 Å². The minimum atomic E-state index is -1.74. The summed E-state index contributed by atoms with van der Waals surface area (Å²) in [4.78, 5) is 25.3. The van der Waals surface area contributed by atoms with Gasteiger partial charge >= 0.3 is 0 Å². The van der Waals surface area contributed by atoms with E-state index in [0.29, 0.717) is 6.54 Å². The number of aliphatic hydroxyl groups is 4. The Bertz CT molecular complexity index is 1150. The third-order valence-electron chi connectivity index (χ3n) is 8.47. The van der Waals surface area contributed by atoms with Crippen molar-refractivity contribution >= 4 is 22.9 Å². The number of nitrogens with two attached hydrogens (primary N) is 1. The number of nitrogens with zero attached hydrogens (tertiary/aromatic N) is 4.